The van der Waals surface area contributed by atoms with Gasteiger partial charge in [0.15, 0.2) is 0 Å². The van der Waals surface area contributed by atoms with Crippen LogP contribution in [-0.2, 0) is 4.79 Å². The van der Waals surface area contributed by atoms with Crippen LogP contribution in [0.15, 0.2) is 24.3 Å². The van der Waals surface area contributed by atoms with Crippen LogP contribution in [0.2, 0.25) is 0 Å². The van der Waals surface area contributed by atoms with Crippen LogP contribution in [0.5, 0.6) is 0 Å². The summed E-state index contributed by atoms with van der Waals surface area (Å²) in [5.41, 5.74) is 1.33. The number of benzene rings is 1. The first kappa shape index (κ1) is 17.2. The van der Waals surface area contributed by atoms with Gasteiger partial charge in [-0.1, -0.05) is 19.1 Å². The second-order valence-electron chi connectivity index (χ2n) is 5.08. The zero-order valence-electron chi connectivity index (χ0n) is 12.6. The van der Waals surface area contributed by atoms with Crippen LogP contribution in [-0.4, -0.2) is 30.1 Å². The first-order valence-electron chi connectivity index (χ1n) is 7.25. The van der Waals surface area contributed by atoms with E-state index in [1.54, 1.807) is 24.3 Å². The second-order valence-corrected chi connectivity index (χ2v) is 5.08. The molecular formula is C16H23N3O2. The highest BCUT2D eigenvalue weighted by molar-refractivity contribution is 5.76. The normalized spacial score (nSPS) is 13.2. The number of nitrogens with zero attached hydrogens (tertiary/aromatic N) is 1. The van der Waals surface area contributed by atoms with Crippen molar-refractivity contribution in [2.75, 3.05) is 13.1 Å². The molecular weight excluding hydrogens is 266 g/mol. The van der Waals surface area contributed by atoms with Gasteiger partial charge in [-0.25, -0.2) is 0 Å². The molecule has 1 aromatic rings. The molecule has 0 spiro atoms. The molecule has 2 unspecified atom stereocenters. The van der Waals surface area contributed by atoms with Crippen molar-refractivity contribution in [2.24, 2.45) is 0 Å². The quantitative estimate of drug-likeness (QED) is 0.633. The van der Waals surface area contributed by atoms with Gasteiger partial charge in [-0.3, -0.25) is 4.79 Å². The number of aliphatic hydroxyl groups is 1. The Kier molecular flexibility index (Phi) is 7.44. The monoisotopic (exact) mass is 289 g/mol. The first-order chi connectivity index (χ1) is 10.1. The Bertz CT molecular complexity index is 479. The number of nitriles is 1. The van der Waals surface area contributed by atoms with Crippen molar-refractivity contribution in [3.05, 3.63) is 35.4 Å². The highest BCUT2D eigenvalue weighted by Crippen LogP contribution is 2.12. The summed E-state index contributed by atoms with van der Waals surface area (Å²) in [6.45, 7) is 4.90. The number of hydrogen-bond acceptors (Lipinski definition) is 4. The van der Waals surface area contributed by atoms with Gasteiger partial charge >= 0.3 is 0 Å². The minimum absolute atomic E-state index is 0.0183. The summed E-state index contributed by atoms with van der Waals surface area (Å²) in [7, 11) is 0. The lowest BCUT2D eigenvalue weighted by molar-refractivity contribution is -0.121. The maximum atomic E-state index is 11.6. The molecule has 0 aliphatic carbocycles. The van der Waals surface area contributed by atoms with E-state index in [1.807, 2.05) is 19.9 Å². The summed E-state index contributed by atoms with van der Waals surface area (Å²) in [6, 6.07) is 9.06. The van der Waals surface area contributed by atoms with Crippen LogP contribution >= 0.6 is 0 Å². The molecule has 2 atom stereocenters. The number of carbonyl (C=O) groups excluding carboxylic acids is 1. The van der Waals surface area contributed by atoms with Gasteiger partial charge < -0.3 is 15.7 Å². The van der Waals surface area contributed by atoms with Gasteiger partial charge in [0.25, 0.3) is 0 Å². The van der Waals surface area contributed by atoms with Crippen LogP contribution in [0.25, 0.3) is 0 Å². The molecule has 0 saturated heterocycles. The Labute approximate surface area is 126 Å². The summed E-state index contributed by atoms with van der Waals surface area (Å²) in [4.78, 5) is 11.6. The topological polar surface area (TPSA) is 85.2 Å². The van der Waals surface area contributed by atoms with Gasteiger partial charge in [-0.15, -0.1) is 0 Å². The van der Waals surface area contributed by atoms with Crippen LogP contribution in [0.3, 0.4) is 0 Å². The first-order valence-corrected chi connectivity index (χ1v) is 7.25. The highest BCUT2D eigenvalue weighted by atomic mass is 16.3. The van der Waals surface area contributed by atoms with Crippen LogP contribution in [0, 0.1) is 11.3 Å². The van der Waals surface area contributed by atoms with E-state index in [2.05, 4.69) is 10.6 Å². The average Bonchev–Trinajstić information content (AvgIpc) is 2.51. The summed E-state index contributed by atoms with van der Waals surface area (Å²) >= 11 is 0. The molecule has 21 heavy (non-hydrogen) atoms. The molecule has 3 N–H and O–H groups in total. The zero-order valence-corrected chi connectivity index (χ0v) is 12.6. The van der Waals surface area contributed by atoms with Gasteiger partial charge in [0.2, 0.25) is 5.91 Å². The average molecular weight is 289 g/mol. The fraction of sp³-hybridized carbons (Fsp3) is 0.500. The molecule has 0 aliphatic rings. The summed E-state index contributed by atoms with van der Waals surface area (Å²) in [6.07, 6.45) is 0.663. The third-order valence-corrected chi connectivity index (χ3v) is 3.31. The van der Waals surface area contributed by atoms with E-state index >= 15 is 0 Å². The van der Waals surface area contributed by atoms with Crippen molar-refractivity contribution in [2.45, 2.75) is 38.8 Å². The van der Waals surface area contributed by atoms with Crippen molar-refractivity contribution >= 4 is 5.91 Å². The fourth-order valence-corrected chi connectivity index (χ4v) is 1.79. The molecule has 0 aliphatic heterocycles. The molecule has 1 rings (SSSR count). The van der Waals surface area contributed by atoms with E-state index in [1.165, 1.54) is 0 Å². The van der Waals surface area contributed by atoms with Crippen molar-refractivity contribution in [1.82, 2.24) is 10.6 Å². The van der Waals surface area contributed by atoms with E-state index in [4.69, 9.17) is 5.26 Å². The predicted molar refractivity (Wildman–Crippen MR) is 81.5 cm³/mol. The standard InChI is InChI=1S/C16H23N3O2/c1-3-12(2)19-16(21)8-9-18-11-15(20)14-6-4-13(10-17)5-7-14/h4-7,12,15,18,20H,3,8-9,11H2,1-2H3,(H,19,21). The maximum absolute atomic E-state index is 11.6. The Morgan fingerprint density at radius 2 is 2.05 bits per heavy atom. The van der Waals surface area contributed by atoms with Gasteiger partial charge in [0.05, 0.1) is 17.7 Å². The Morgan fingerprint density at radius 1 is 1.38 bits per heavy atom. The molecule has 0 fully saturated rings. The summed E-state index contributed by atoms with van der Waals surface area (Å²) < 4.78 is 0. The third kappa shape index (κ3) is 6.39. The molecule has 1 amide bonds. The Hall–Kier alpha value is -1.90. The van der Waals surface area contributed by atoms with E-state index in [-0.39, 0.29) is 11.9 Å². The molecule has 0 aromatic heterocycles. The van der Waals surface area contributed by atoms with Crippen molar-refractivity contribution < 1.29 is 9.90 Å². The molecule has 0 heterocycles. The van der Waals surface area contributed by atoms with Gasteiger partial charge in [-0.2, -0.15) is 5.26 Å². The highest BCUT2D eigenvalue weighted by Gasteiger charge is 2.08. The molecule has 1 aromatic carbocycles. The SMILES string of the molecule is CCC(C)NC(=O)CCNCC(O)c1ccc(C#N)cc1. The van der Waals surface area contributed by atoms with Gasteiger partial charge in [0, 0.05) is 25.6 Å². The number of aliphatic hydroxyl groups excluding tert-OH is 1. The summed E-state index contributed by atoms with van der Waals surface area (Å²) in [5, 5.41) is 24.6. The molecule has 0 radical (unpaired) electrons. The largest absolute Gasteiger partial charge is 0.387 e. The third-order valence-electron chi connectivity index (χ3n) is 3.31. The molecule has 114 valence electrons. The Balaban J connectivity index is 2.25. The molecule has 0 saturated carbocycles. The predicted octanol–water partition coefficient (Wildman–Crippen LogP) is 1.49. The molecule has 0 bridgehead atoms. The number of amides is 1. The fourth-order valence-electron chi connectivity index (χ4n) is 1.79. The maximum Gasteiger partial charge on any atom is 0.221 e. The lowest BCUT2D eigenvalue weighted by Crippen LogP contribution is -2.34. The summed E-state index contributed by atoms with van der Waals surface area (Å²) in [5.74, 6) is 0.0183. The van der Waals surface area contributed by atoms with Gasteiger partial charge in [0.1, 0.15) is 0 Å². The number of carbonyl (C=O) groups is 1. The zero-order chi connectivity index (χ0) is 15.7. The minimum atomic E-state index is -0.643. The van der Waals surface area contributed by atoms with E-state index in [0.29, 0.717) is 25.1 Å². The van der Waals surface area contributed by atoms with Gasteiger partial charge in [-0.05, 0) is 31.0 Å². The van der Waals surface area contributed by atoms with E-state index < -0.39 is 6.10 Å². The van der Waals surface area contributed by atoms with Crippen LogP contribution in [0.1, 0.15) is 43.9 Å². The Morgan fingerprint density at radius 3 is 2.62 bits per heavy atom. The minimum Gasteiger partial charge on any atom is -0.387 e. The van der Waals surface area contributed by atoms with Crippen LogP contribution in [0.4, 0.5) is 0 Å². The van der Waals surface area contributed by atoms with Crippen molar-refractivity contribution in [3.63, 3.8) is 0 Å². The molecule has 5 nitrogen and oxygen atoms in total. The van der Waals surface area contributed by atoms with Crippen LogP contribution < -0.4 is 10.6 Å². The number of hydrogen-bond donors (Lipinski definition) is 3. The van der Waals surface area contributed by atoms with E-state index in [0.717, 1.165) is 12.0 Å². The smallest absolute Gasteiger partial charge is 0.221 e. The number of nitrogens with one attached hydrogen (secondary N) is 2. The molecule has 5 heteroatoms. The number of rotatable bonds is 8. The lowest BCUT2D eigenvalue weighted by atomic mass is 10.1. The lowest BCUT2D eigenvalue weighted by Gasteiger charge is -2.13. The van der Waals surface area contributed by atoms with E-state index in [9.17, 15) is 9.90 Å². The van der Waals surface area contributed by atoms with Crippen molar-refractivity contribution in [1.29, 1.82) is 5.26 Å². The van der Waals surface area contributed by atoms with Crippen molar-refractivity contribution in [3.8, 4) is 6.07 Å². The second kappa shape index (κ2) is 9.11.